The van der Waals surface area contributed by atoms with Crippen molar-refractivity contribution in [3.63, 3.8) is 0 Å². The molecule has 0 fully saturated rings. The largest absolute Gasteiger partial charge is 0.463 e. The lowest BCUT2D eigenvalue weighted by Gasteiger charge is -2.28. The molecule has 1 aliphatic rings. The summed E-state index contributed by atoms with van der Waals surface area (Å²) in [5, 5.41) is 14.4. The van der Waals surface area contributed by atoms with Gasteiger partial charge in [0.15, 0.2) is 11.6 Å². The van der Waals surface area contributed by atoms with E-state index in [-0.39, 0.29) is 12.2 Å². The number of nitrogens with zero attached hydrogens (tertiary/aromatic N) is 4. The van der Waals surface area contributed by atoms with Crippen molar-refractivity contribution in [3.8, 4) is 0 Å². The lowest BCUT2D eigenvalue weighted by molar-refractivity contribution is -0.139. The van der Waals surface area contributed by atoms with Crippen molar-refractivity contribution in [1.29, 1.82) is 0 Å². The molecule has 2 heterocycles. The van der Waals surface area contributed by atoms with Gasteiger partial charge in [0.05, 0.1) is 12.2 Å². The van der Waals surface area contributed by atoms with Gasteiger partial charge in [0.2, 0.25) is 5.95 Å². The molecule has 1 aliphatic heterocycles. The standard InChI is InChI=1S/C16H17F2N5O2/c1-3-5-12-13(15(24)25-4-2)14(23-16(19-12)20-21-22-23)9-6-7-10(17)11(18)8-9/h6-8,14H,3-5H2,1-2H3,(H,19,20,22)/t14-/m0/s1. The second kappa shape index (κ2) is 6.96. The lowest BCUT2D eigenvalue weighted by atomic mass is 9.94. The van der Waals surface area contributed by atoms with Crippen LogP contribution < -0.4 is 5.32 Å². The van der Waals surface area contributed by atoms with Gasteiger partial charge >= 0.3 is 5.97 Å². The normalized spacial score (nSPS) is 16.4. The summed E-state index contributed by atoms with van der Waals surface area (Å²) in [7, 11) is 0. The van der Waals surface area contributed by atoms with Crippen molar-refractivity contribution in [1.82, 2.24) is 20.2 Å². The van der Waals surface area contributed by atoms with Crippen LogP contribution in [-0.4, -0.2) is 32.8 Å². The minimum atomic E-state index is -1.01. The zero-order valence-corrected chi connectivity index (χ0v) is 13.8. The van der Waals surface area contributed by atoms with Gasteiger partial charge in [0, 0.05) is 5.70 Å². The number of ether oxygens (including phenoxy) is 1. The predicted octanol–water partition coefficient (Wildman–Crippen LogP) is 2.58. The van der Waals surface area contributed by atoms with E-state index in [1.165, 1.54) is 10.7 Å². The summed E-state index contributed by atoms with van der Waals surface area (Å²) in [4.78, 5) is 12.6. The Morgan fingerprint density at radius 2 is 2.12 bits per heavy atom. The van der Waals surface area contributed by atoms with Crippen molar-refractivity contribution < 1.29 is 18.3 Å². The van der Waals surface area contributed by atoms with Gasteiger partial charge in [0.25, 0.3) is 0 Å². The Bertz CT molecular complexity index is 834. The molecule has 0 unspecified atom stereocenters. The summed E-state index contributed by atoms with van der Waals surface area (Å²) in [5.74, 6) is -2.20. The molecular weight excluding hydrogens is 332 g/mol. The highest BCUT2D eigenvalue weighted by Crippen LogP contribution is 2.36. The summed E-state index contributed by atoms with van der Waals surface area (Å²) < 4.78 is 33.6. The van der Waals surface area contributed by atoms with Gasteiger partial charge < -0.3 is 10.1 Å². The fourth-order valence-electron chi connectivity index (χ4n) is 2.82. The number of nitrogens with one attached hydrogen (secondary N) is 1. The molecule has 0 aliphatic carbocycles. The van der Waals surface area contributed by atoms with Gasteiger partial charge in [0.1, 0.15) is 6.04 Å². The first-order valence-corrected chi connectivity index (χ1v) is 7.96. The van der Waals surface area contributed by atoms with Crippen LogP contribution in [-0.2, 0) is 9.53 Å². The summed E-state index contributed by atoms with van der Waals surface area (Å²) in [6.07, 6.45) is 1.32. The van der Waals surface area contributed by atoms with E-state index in [0.29, 0.717) is 23.6 Å². The minimum Gasteiger partial charge on any atom is -0.463 e. The highest BCUT2D eigenvalue weighted by Gasteiger charge is 2.36. The molecule has 3 rings (SSSR count). The van der Waals surface area contributed by atoms with Crippen molar-refractivity contribution >= 4 is 11.9 Å². The third-order valence-corrected chi connectivity index (χ3v) is 3.85. The van der Waals surface area contributed by atoms with Crippen LogP contribution in [0.2, 0.25) is 0 Å². The maximum absolute atomic E-state index is 13.8. The molecule has 0 amide bonds. The first kappa shape index (κ1) is 17.0. The highest BCUT2D eigenvalue weighted by molar-refractivity contribution is 5.92. The monoisotopic (exact) mass is 349 g/mol. The number of carbonyl (C=O) groups excluding carboxylic acids is 1. The van der Waals surface area contributed by atoms with Crippen LogP contribution in [0.3, 0.4) is 0 Å². The Hall–Kier alpha value is -2.84. The fourth-order valence-corrected chi connectivity index (χ4v) is 2.82. The first-order chi connectivity index (χ1) is 12.1. The fraction of sp³-hybridized carbons (Fsp3) is 0.375. The van der Waals surface area contributed by atoms with Crippen LogP contribution in [0.5, 0.6) is 0 Å². The maximum Gasteiger partial charge on any atom is 0.338 e. The number of tetrazole rings is 1. The molecule has 2 aromatic rings. The molecule has 0 radical (unpaired) electrons. The van der Waals surface area contributed by atoms with Crippen LogP contribution >= 0.6 is 0 Å². The molecule has 25 heavy (non-hydrogen) atoms. The number of halogens is 2. The Kier molecular flexibility index (Phi) is 4.73. The van der Waals surface area contributed by atoms with E-state index in [1.807, 2.05) is 6.92 Å². The average Bonchev–Trinajstić information content (AvgIpc) is 3.04. The number of hydrogen-bond donors (Lipinski definition) is 1. The first-order valence-electron chi connectivity index (χ1n) is 7.96. The van der Waals surface area contributed by atoms with E-state index in [0.717, 1.165) is 18.6 Å². The Morgan fingerprint density at radius 1 is 1.32 bits per heavy atom. The number of anilines is 1. The molecule has 0 saturated carbocycles. The number of fused-ring (bicyclic) bond motifs is 1. The van der Waals surface area contributed by atoms with Crippen LogP contribution in [0.1, 0.15) is 38.3 Å². The Morgan fingerprint density at radius 3 is 2.80 bits per heavy atom. The van der Waals surface area contributed by atoms with Gasteiger partial charge in [-0.15, -0.1) is 0 Å². The maximum atomic E-state index is 13.8. The van der Waals surface area contributed by atoms with Gasteiger partial charge in [-0.25, -0.2) is 13.6 Å². The van der Waals surface area contributed by atoms with Crippen molar-refractivity contribution in [3.05, 3.63) is 46.7 Å². The second-order valence-corrected chi connectivity index (χ2v) is 5.51. The number of esters is 1. The molecule has 1 N–H and O–H groups in total. The molecule has 0 saturated heterocycles. The number of aromatic nitrogens is 4. The third-order valence-electron chi connectivity index (χ3n) is 3.85. The Labute approximate surface area is 142 Å². The molecule has 1 aromatic heterocycles. The molecule has 1 atom stereocenters. The third kappa shape index (κ3) is 3.09. The number of hydrogen-bond acceptors (Lipinski definition) is 6. The van der Waals surface area contributed by atoms with Gasteiger partial charge in [-0.3, -0.25) is 0 Å². The minimum absolute atomic E-state index is 0.189. The summed E-state index contributed by atoms with van der Waals surface area (Å²) in [6, 6.07) is 2.66. The van der Waals surface area contributed by atoms with E-state index in [4.69, 9.17) is 4.74 Å². The zero-order chi connectivity index (χ0) is 18.0. The molecule has 9 heteroatoms. The smallest absolute Gasteiger partial charge is 0.338 e. The summed E-state index contributed by atoms with van der Waals surface area (Å²) >= 11 is 0. The van der Waals surface area contributed by atoms with E-state index < -0.39 is 23.6 Å². The van der Waals surface area contributed by atoms with Crippen molar-refractivity contribution in [2.24, 2.45) is 0 Å². The van der Waals surface area contributed by atoms with Crippen LogP contribution in [0, 0.1) is 11.6 Å². The molecule has 1 aromatic carbocycles. The number of rotatable bonds is 5. The molecule has 132 valence electrons. The summed E-state index contributed by atoms with van der Waals surface area (Å²) in [6.45, 7) is 3.85. The van der Waals surface area contributed by atoms with Crippen molar-refractivity contribution in [2.45, 2.75) is 32.7 Å². The Balaban J connectivity index is 2.18. The average molecular weight is 349 g/mol. The molecule has 7 nitrogen and oxygen atoms in total. The second-order valence-electron chi connectivity index (χ2n) is 5.51. The zero-order valence-electron chi connectivity index (χ0n) is 13.8. The van der Waals surface area contributed by atoms with Crippen LogP contribution in [0.4, 0.5) is 14.7 Å². The topological polar surface area (TPSA) is 81.9 Å². The van der Waals surface area contributed by atoms with Gasteiger partial charge in [-0.05, 0) is 41.5 Å². The highest BCUT2D eigenvalue weighted by atomic mass is 19.2. The molecular formula is C16H17F2N5O2. The lowest BCUT2D eigenvalue weighted by Crippen LogP contribution is -2.30. The number of benzene rings is 1. The predicted molar refractivity (Wildman–Crippen MR) is 84.5 cm³/mol. The number of carbonyl (C=O) groups is 1. The molecule has 0 spiro atoms. The van der Waals surface area contributed by atoms with Gasteiger partial charge in [-0.1, -0.05) is 24.5 Å². The SMILES string of the molecule is CCCC1=C(C(=O)OCC)[C@H](c2ccc(F)c(F)c2)n2nnnc2N1. The number of allylic oxidation sites excluding steroid dienone is 1. The summed E-state index contributed by atoms with van der Waals surface area (Å²) in [5.41, 5.74) is 1.25. The van der Waals surface area contributed by atoms with E-state index in [1.54, 1.807) is 6.92 Å². The quantitative estimate of drug-likeness (QED) is 0.836. The van der Waals surface area contributed by atoms with Gasteiger partial charge in [-0.2, -0.15) is 4.68 Å². The van der Waals surface area contributed by atoms with Crippen LogP contribution in [0.15, 0.2) is 29.5 Å². The van der Waals surface area contributed by atoms with E-state index >= 15 is 0 Å². The van der Waals surface area contributed by atoms with Crippen molar-refractivity contribution in [2.75, 3.05) is 11.9 Å². The van der Waals surface area contributed by atoms with Crippen LogP contribution in [0.25, 0.3) is 0 Å². The molecule has 0 bridgehead atoms. The van der Waals surface area contributed by atoms with E-state index in [2.05, 4.69) is 20.8 Å². The van der Waals surface area contributed by atoms with E-state index in [9.17, 15) is 13.6 Å².